The van der Waals surface area contributed by atoms with Crippen LogP contribution >= 0.6 is 11.6 Å². The number of hydrogen-bond acceptors (Lipinski definition) is 5. The van der Waals surface area contributed by atoms with Crippen LogP contribution in [0.2, 0.25) is 5.02 Å². The van der Waals surface area contributed by atoms with Crippen molar-refractivity contribution in [2.24, 2.45) is 0 Å². The summed E-state index contributed by atoms with van der Waals surface area (Å²) in [6.45, 7) is 4.35. The van der Waals surface area contributed by atoms with Crippen molar-refractivity contribution in [3.05, 3.63) is 58.4 Å². The second-order valence-electron chi connectivity index (χ2n) is 6.12. The van der Waals surface area contributed by atoms with Crippen LogP contribution in [0.1, 0.15) is 19.4 Å². The lowest BCUT2D eigenvalue weighted by Crippen LogP contribution is -2.54. The molecule has 0 atom stereocenters. The highest BCUT2D eigenvalue weighted by Crippen LogP contribution is 2.35. The first kappa shape index (κ1) is 21.3. The SMILES string of the molecule is CCOc1cc(Cl)c(/C=C2\C(=O)NC(=O)N(c3cccc(F)c3)C2=O)cc1OCC. The molecule has 7 nitrogen and oxygen atoms in total. The van der Waals surface area contributed by atoms with Gasteiger partial charge in [-0.25, -0.2) is 14.1 Å². The second-order valence-corrected chi connectivity index (χ2v) is 6.53. The molecule has 30 heavy (non-hydrogen) atoms. The molecule has 9 heteroatoms. The van der Waals surface area contributed by atoms with Gasteiger partial charge in [-0.2, -0.15) is 0 Å². The fourth-order valence-electron chi connectivity index (χ4n) is 2.86. The largest absolute Gasteiger partial charge is 0.490 e. The van der Waals surface area contributed by atoms with Crippen LogP contribution in [0.15, 0.2) is 42.0 Å². The van der Waals surface area contributed by atoms with Crippen LogP contribution in [0.5, 0.6) is 11.5 Å². The van der Waals surface area contributed by atoms with E-state index >= 15 is 0 Å². The molecular weight excluding hydrogens is 415 g/mol. The lowest BCUT2D eigenvalue weighted by Gasteiger charge is -2.26. The van der Waals surface area contributed by atoms with Crippen LogP contribution in [-0.4, -0.2) is 31.1 Å². The third-order valence-corrected chi connectivity index (χ3v) is 4.46. The normalized spacial score (nSPS) is 15.4. The molecule has 1 N–H and O–H groups in total. The summed E-state index contributed by atoms with van der Waals surface area (Å²) in [5.41, 5.74) is -0.0355. The predicted molar refractivity (Wildman–Crippen MR) is 109 cm³/mol. The molecule has 0 saturated carbocycles. The molecule has 2 aromatic carbocycles. The Labute approximate surface area is 177 Å². The Balaban J connectivity index is 2.05. The summed E-state index contributed by atoms with van der Waals surface area (Å²) in [5.74, 6) is -1.62. The average molecular weight is 433 g/mol. The molecule has 0 bridgehead atoms. The van der Waals surface area contributed by atoms with Crippen molar-refractivity contribution >= 4 is 41.2 Å². The van der Waals surface area contributed by atoms with Crippen molar-refractivity contribution < 1.29 is 28.2 Å². The molecule has 1 fully saturated rings. The van der Waals surface area contributed by atoms with E-state index in [4.69, 9.17) is 21.1 Å². The number of imide groups is 2. The molecule has 2 aromatic rings. The number of carbonyl (C=O) groups is 3. The molecule has 156 valence electrons. The van der Waals surface area contributed by atoms with Gasteiger partial charge < -0.3 is 9.47 Å². The lowest BCUT2D eigenvalue weighted by atomic mass is 10.1. The minimum absolute atomic E-state index is 0.0105. The minimum Gasteiger partial charge on any atom is -0.490 e. The molecule has 0 spiro atoms. The van der Waals surface area contributed by atoms with Gasteiger partial charge in [-0.15, -0.1) is 0 Å². The van der Waals surface area contributed by atoms with E-state index in [1.807, 2.05) is 6.92 Å². The number of ether oxygens (including phenoxy) is 2. The molecule has 0 radical (unpaired) electrons. The van der Waals surface area contributed by atoms with E-state index in [9.17, 15) is 18.8 Å². The molecule has 1 aliphatic heterocycles. The zero-order valence-corrected chi connectivity index (χ0v) is 17.0. The number of nitrogens with zero attached hydrogens (tertiary/aromatic N) is 1. The average Bonchev–Trinajstić information content (AvgIpc) is 2.68. The monoisotopic (exact) mass is 432 g/mol. The Hall–Kier alpha value is -3.39. The summed E-state index contributed by atoms with van der Waals surface area (Å²) in [6.07, 6.45) is 1.25. The van der Waals surface area contributed by atoms with Crippen molar-refractivity contribution in [2.75, 3.05) is 18.1 Å². The van der Waals surface area contributed by atoms with Gasteiger partial charge in [0.15, 0.2) is 11.5 Å². The van der Waals surface area contributed by atoms with E-state index in [2.05, 4.69) is 5.32 Å². The standard InChI is InChI=1S/C21H18ClFN2O5/c1-3-29-17-9-12(16(22)11-18(17)30-4-2)8-15-19(26)24-21(28)25(20(15)27)14-7-5-6-13(23)10-14/h5-11H,3-4H2,1-2H3,(H,24,26,28)/b15-8+. The van der Waals surface area contributed by atoms with Gasteiger partial charge in [0.05, 0.1) is 23.9 Å². The van der Waals surface area contributed by atoms with Crippen molar-refractivity contribution in [2.45, 2.75) is 13.8 Å². The Morgan fingerprint density at radius 1 is 1.07 bits per heavy atom. The topological polar surface area (TPSA) is 84.9 Å². The van der Waals surface area contributed by atoms with Gasteiger partial charge in [-0.1, -0.05) is 17.7 Å². The number of nitrogens with one attached hydrogen (secondary N) is 1. The van der Waals surface area contributed by atoms with Gasteiger partial charge in [0, 0.05) is 6.07 Å². The van der Waals surface area contributed by atoms with Crippen LogP contribution in [0.4, 0.5) is 14.9 Å². The summed E-state index contributed by atoms with van der Waals surface area (Å²) < 4.78 is 24.6. The molecule has 0 aliphatic carbocycles. The number of halogens is 2. The molecule has 1 saturated heterocycles. The van der Waals surface area contributed by atoms with Crippen LogP contribution in [0.3, 0.4) is 0 Å². The molecule has 1 heterocycles. The van der Waals surface area contributed by atoms with E-state index < -0.39 is 23.7 Å². The number of carbonyl (C=O) groups excluding carboxylic acids is 3. The fraction of sp³-hybridized carbons (Fsp3) is 0.190. The summed E-state index contributed by atoms with van der Waals surface area (Å²) in [6, 6.07) is 7.00. The molecule has 3 rings (SSSR count). The van der Waals surface area contributed by atoms with Crippen LogP contribution in [0, 0.1) is 5.82 Å². The van der Waals surface area contributed by atoms with Crippen LogP contribution in [-0.2, 0) is 9.59 Å². The van der Waals surface area contributed by atoms with Gasteiger partial charge >= 0.3 is 6.03 Å². The number of rotatable bonds is 6. The maximum absolute atomic E-state index is 13.6. The third kappa shape index (κ3) is 4.28. The lowest BCUT2D eigenvalue weighted by molar-refractivity contribution is -0.122. The number of urea groups is 1. The van der Waals surface area contributed by atoms with Gasteiger partial charge in [0.2, 0.25) is 0 Å². The zero-order chi connectivity index (χ0) is 21.8. The molecule has 0 aromatic heterocycles. The highest BCUT2D eigenvalue weighted by Gasteiger charge is 2.37. The summed E-state index contributed by atoms with van der Waals surface area (Å²) in [4.78, 5) is 38.1. The van der Waals surface area contributed by atoms with Gasteiger partial charge in [-0.05, 0) is 49.8 Å². The predicted octanol–water partition coefficient (Wildman–Crippen LogP) is 3.94. The Morgan fingerprint density at radius 2 is 1.73 bits per heavy atom. The first-order valence-electron chi connectivity index (χ1n) is 9.11. The quantitative estimate of drug-likeness (QED) is 0.552. The summed E-state index contributed by atoms with van der Waals surface area (Å²) in [7, 11) is 0. The smallest absolute Gasteiger partial charge is 0.335 e. The maximum Gasteiger partial charge on any atom is 0.335 e. The number of barbiturate groups is 1. The van der Waals surface area contributed by atoms with E-state index in [1.54, 1.807) is 6.92 Å². The van der Waals surface area contributed by atoms with E-state index in [0.717, 1.165) is 6.07 Å². The number of anilines is 1. The number of hydrogen-bond donors (Lipinski definition) is 1. The van der Waals surface area contributed by atoms with Crippen molar-refractivity contribution in [1.82, 2.24) is 5.32 Å². The van der Waals surface area contributed by atoms with Gasteiger partial charge in [0.1, 0.15) is 11.4 Å². The van der Waals surface area contributed by atoms with Crippen molar-refractivity contribution in [3.8, 4) is 11.5 Å². The second kappa shape index (κ2) is 8.96. The fourth-order valence-corrected chi connectivity index (χ4v) is 3.07. The van der Waals surface area contributed by atoms with Gasteiger partial charge in [-0.3, -0.25) is 14.9 Å². The Kier molecular flexibility index (Phi) is 6.37. The summed E-state index contributed by atoms with van der Waals surface area (Å²) >= 11 is 6.30. The van der Waals surface area contributed by atoms with Crippen molar-refractivity contribution in [1.29, 1.82) is 0 Å². The molecule has 1 aliphatic rings. The maximum atomic E-state index is 13.6. The molecule has 4 amide bonds. The first-order valence-corrected chi connectivity index (χ1v) is 9.49. The Morgan fingerprint density at radius 3 is 2.37 bits per heavy atom. The van der Waals surface area contributed by atoms with E-state index in [0.29, 0.717) is 35.2 Å². The number of amides is 4. The molecule has 0 unspecified atom stereocenters. The van der Waals surface area contributed by atoms with Crippen molar-refractivity contribution in [3.63, 3.8) is 0 Å². The minimum atomic E-state index is -0.972. The summed E-state index contributed by atoms with van der Waals surface area (Å²) in [5, 5.41) is 2.29. The highest BCUT2D eigenvalue weighted by molar-refractivity contribution is 6.40. The van der Waals surface area contributed by atoms with E-state index in [-0.39, 0.29) is 16.3 Å². The number of benzene rings is 2. The third-order valence-electron chi connectivity index (χ3n) is 4.13. The highest BCUT2D eigenvalue weighted by atomic mass is 35.5. The van der Waals surface area contributed by atoms with Crippen LogP contribution < -0.4 is 19.7 Å². The zero-order valence-electron chi connectivity index (χ0n) is 16.2. The van der Waals surface area contributed by atoms with Crippen LogP contribution in [0.25, 0.3) is 6.08 Å². The Bertz CT molecular complexity index is 1050. The molecular formula is C21H18ClFN2O5. The first-order chi connectivity index (χ1) is 14.3. The van der Waals surface area contributed by atoms with Gasteiger partial charge in [0.25, 0.3) is 11.8 Å². The van der Waals surface area contributed by atoms with E-state index in [1.165, 1.54) is 36.4 Å².